The van der Waals surface area contributed by atoms with Crippen LogP contribution in [0.25, 0.3) is 0 Å². The Morgan fingerprint density at radius 1 is 1.50 bits per heavy atom. The number of methoxy groups -OCH3 is 1. The van der Waals surface area contributed by atoms with E-state index in [-0.39, 0.29) is 0 Å². The van der Waals surface area contributed by atoms with Crippen molar-refractivity contribution in [3.63, 3.8) is 0 Å². The van der Waals surface area contributed by atoms with Gasteiger partial charge in [0.25, 0.3) is 0 Å². The first-order valence-corrected chi connectivity index (χ1v) is 8.49. The molecule has 0 aliphatic carbocycles. The van der Waals surface area contributed by atoms with Crippen LogP contribution in [0.5, 0.6) is 0 Å². The zero-order valence-electron chi connectivity index (χ0n) is 13.2. The van der Waals surface area contributed by atoms with Crippen LogP contribution in [0.3, 0.4) is 0 Å². The molecule has 2 heterocycles. The zero-order chi connectivity index (χ0) is 14.5. The number of hydrogen-bond acceptors (Lipinski definition) is 4. The van der Waals surface area contributed by atoms with Gasteiger partial charge in [-0.1, -0.05) is 13.8 Å². The number of hydrogen-bond donors (Lipinski definition) is 1. The number of rotatable bonds is 6. The molecule has 0 saturated carbocycles. The molecule has 2 unspecified atom stereocenters. The maximum Gasteiger partial charge on any atom is 0.0724 e. The highest BCUT2D eigenvalue weighted by Crippen LogP contribution is 2.26. The molecular weight excluding hydrogens is 268 g/mol. The molecule has 0 spiro atoms. The third-order valence-corrected chi connectivity index (χ3v) is 5.38. The minimum absolute atomic E-state index is 0.393. The van der Waals surface area contributed by atoms with E-state index in [1.54, 1.807) is 0 Å². The van der Waals surface area contributed by atoms with Gasteiger partial charge in [-0.3, -0.25) is 4.90 Å². The van der Waals surface area contributed by atoms with Crippen molar-refractivity contribution < 1.29 is 4.74 Å². The van der Waals surface area contributed by atoms with Gasteiger partial charge in [0.2, 0.25) is 0 Å². The SMILES string of the molecule is CCNCc1cc(CN2CCC(C)C(OC)C2)c(C)s1. The standard InChI is InChI=1S/C16H28N2OS/c1-5-17-9-15-8-14(13(3)20-15)10-18-7-6-12(2)16(11-18)19-4/h8,12,16-17H,5-7,9-11H2,1-4H3. The first-order chi connectivity index (χ1) is 9.63. The third kappa shape index (κ3) is 4.04. The zero-order valence-corrected chi connectivity index (χ0v) is 14.1. The fourth-order valence-electron chi connectivity index (χ4n) is 2.87. The molecule has 0 amide bonds. The molecule has 3 nitrogen and oxygen atoms in total. The van der Waals surface area contributed by atoms with E-state index in [9.17, 15) is 0 Å². The van der Waals surface area contributed by atoms with Gasteiger partial charge in [-0.05, 0) is 44.0 Å². The van der Waals surface area contributed by atoms with Crippen molar-refractivity contribution in [2.45, 2.75) is 46.4 Å². The van der Waals surface area contributed by atoms with E-state index in [4.69, 9.17) is 4.74 Å². The summed E-state index contributed by atoms with van der Waals surface area (Å²) in [6.07, 6.45) is 1.63. The van der Waals surface area contributed by atoms with Crippen molar-refractivity contribution in [2.24, 2.45) is 5.92 Å². The Labute approximate surface area is 127 Å². The summed E-state index contributed by atoms with van der Waals surface area (Å²) >= 11 is 1.93. The van der Waals surface area contributed by atoms with Crippen LogP contribution in [-0.4, -0.2) is 37.7 Å². The van der Waals surface area contributed by atoms with Crippen LogP contribution in [0.2, 0.25) is 0 Å². The van der Waals surface area contributed by atoms with E-state index < -0.39 is 0 Å². The van der Waals surface area contributed by atoms with Gasteiger partial charge in [0.1, 0.15) is 0 Å². The van der Waals surface area contributed by atoms with Gasteiger partial charge in [-0.2, -0.15) is 0 Å². The Kier molecular flexibility index (Phi) is 6.02. The Morgan fingerprint density at radius 2 is 2.30 bits per heavy atom. The van der Waals surface area contributed by atoms with Crippen molar-refractivity contribution in [1.29, 1.82) is 0 Å². The molecule has 0 aromatic carbocycles. The molecule has 114 valence electrons. The second-order valence-corrected chi connectivity index (χ2v) is 7.19. The van der Waals surface area contributed by atoms with Crippen LogP contribution in [0.1, 0.15) is 35.6 Å². The van der Waals surface area contributed by atoms with Crippen LogP contribution in [-0.2, 0) is 17.8 Å². The Morgan fingerprint density at radius 3 is 3.00 bits per heavy atom. The number of nitrogens with zero attached hydrogens (tertiary/aromatic N) is 1. The molecule has 1 aromatic rings. The summed E-state index contributed by atoms with van der Waals surface area (Å²) < 4.78 is 5.61. The Bertz CT molecular complexity index is 419. The highest BCUT2D eigenvalue weighted by atomic mass is 32.1. The maximum absolute atomic E-state index is 5.61. The minimum Gasteiger partial charge on any atom is -0.380 e. The van der Waals surface area contributed by atoms with E-state index in [0.29, 0.717) is 12.0 Å². The lowest BCUT2D eigenvalue weighted by molar-refractivity contribution is -0.00746. The van der Waals surface area contributed by atoms with Crippen molar-refractivity contribution in [3.8, 4) is 0 Å². The first-order valence-electron chi connectivity index (χ1n) is 7.68. The van der Waals surface area contributed by atoms with Crippen LogP contribution in [0.15, 0.2) is 6.07 Å². The maximum atomic E-state index is 5.61. The highest BCUT2D eigenvalue weighted by molar-refractivity contribution is 7.12. The van der Waals surface area contributed by atoms with Gasteiger partial charge in [-0.15, -0.1) is 11.3 Å². The summed E-state index contributed by atoms with van der Waals surface area (Å²) in [6.45, 7) is 12.1. The molecule has 1 N–H and O–H groups in total. The number of nitrogens with one attached hydrogen (secondary N) is 1. The van der Waals surface area contributed by atoms with Crippen molar-refractivity contribution in [2.75, 3.05) is 26.7 Å². The van der Waals surface area contributed by atoms with E-state index in [1.807, 2.05) is 18.4 Å². The van der Waals surface area contributed by atoms with Crippen LogP contribution in [0, 0.1) is 12.8 Å². The predicted molar refractivity (Wildman–Crippen MR) is 86.3 cm³/mol. The molecule has 1 saturated heterocycles. The van der Waals surface area contributed by atoms with Crippen LogP contribution >= 0.6 is 11.3 Å². The van der Waals surface area contributed by atoms with Gasteiger partial charge in [0.15, 0.2) is 0 Å². The van der Waals surface area contributed by atoms with E-state index >= 15 is 0 Å². The summed E-state index contributed by atoms with van der Waals surface area (Å²) in [7, 11) is 1.84. The van der Waals surface area contributed by atoms with E-state index in [0.717, 1.165) is 26.2 Å². The smallest absolute Gasteiger partial charge is 0.0724 e. The molecule has 1 fully saturated rings. The fourth-order valence-corrected chi connectivity index (χ4v) is 3.89. The average Bonchev–Trinajstić information content (AvgIpc) is 2.79. The summed E-state index contributed by atoms with van der Waals surface area (Å²) in [6, 6.07) is 2.38. The topological polar surface area (TPSA) is 24.5 Å². The fraction of sp³-hybridized carbons (Fsp3) is 0.750. The molecule has 1 aliphatic rings. The van der Waals surface area contributed by atoms with Gasteiger partial charge < -0.3 is 10.1 Å². The molecule has 1 aliphatic heterocycles. The summed E-state index contributed by atoms with van der Waals surface area (Å²) in [4.78, 5) is 5.46. The van der Waals surface area contributed by atoms with E-state index in [2.05, 4.69) is 37.1 Å². The average molecular weight is 296 g/mol. The quantitative estimate of drug-likeness (QED) is 0.873. The normalized spacial score (nSPS) is 24.2. The van der Waals surface area contributed by atoms with Crippen LogP contribution in [0.4, 0.5) is 0 Å². The van der Waals surface area contributed by atoms with Crippen molar-refractivity contribution in [1.82, 2.24) is 10.2 Å². The summed E-state index contributed by atoms with van der Waals surface area (Å²) in [5.41, 5.74) is 1.49. The third-order valence-electron chi connectivity index (χ3n) is 4.29. The van der Waals surface area contributed by atoms with Gasteiger partial charge >= 0.3 is 0 Å². The van der Waals surface area contributed by atoms with Gasteiger partial charge in [-0.25, -0.2) is 0 Å². The lowest BCUT2D eigenvalue weighted by atomic mass is 9.95. The molecule has 1 aromatic heterocycles. The van der Waals surface area contributed by atoms with Crippen molar-refractivity contribution in [3.05, 3.63) is 21.4 Å². The highest BCUT2D eigenvalue weighted by Gasteiger charge is 2.26. The Hall–Kier alpha value is -0.420. The summed E-state index contributed by atoms with van der Waals surface area (Å²) in [5, 5.41) is 3.41. The van der Waals surface area contributed by atoms with Gasteiger partial charge in [0.05, 0.1) is 6.10 Å². The van der Waals surface area contributed by atoms with Gasteiger partial charge in [0, 0.05) is 36.5 Å². The van der Waals surface area contributed by atoms with Crippen molar-refractivity contribution >= 4 is 11.3 Å². The monoisotopic (exact) mass is 296 g/mol. The predicted octanol–water partition coefficient (Wildman–Crippen LogP) is 3.02. The molecular formula is C16H28N2OS. The number of thiophene rings is 1. The number of piperidine rings is 1. The van der Waals surface area contributed by atoms with Crippen LogP contribution < -0.4 is 5.32 Å². The largest absolute Gasteiger partial charge is 0.380 e. The Balaban J connectivity index is 1.94. The lowest BCUT2D eigenvalue weighted by Crippen LogP contribution is -2.43. The van der Waals surface area contributed by atoms with E-state index in [1.165, 1.54) is 28.3 Å². The molecule has 2 atom stereocenters. The number of ether oxygens (including phenoxy) is 1. The molecule has 20 heavy (non-hydrogen) atoms. The first kappa shape index (κ1) is 16.0. The summed E-state index contributed by atoms with van der Waals surface area (Å²) in [5.74, 6) is 0.684. The molecule has 0 bridgehead atoms. The second kappa shape index (κ2) is 7.55. The lowest BCUT2D eigenvalue weighted by Gasteiger charge is -2.36. The molecule has 2 rings (SSSR count). The number of likely N-dealkylation sites (tertiary alicyclic amines) is 1. The second-order valence-electron chi connectivity index (χ2n) is 5.85. The minimum atomic E-state index is 0.393. The molecule has 0 radical (unpaired) electrons. The number of aryl methyl sites for hydroxylation is 1. The molecule has 4 heteroatoms.